The van der Waals surface area contributed by atoms with Crippen LogP contribution in [0.5, 0.6) is 5.75 Å². The first-order chi connectivity index (χ1) is 21.9. The molecule has 1 atom stereocenters. The molecule has 2 amide bonds. The molecule has 1 N–H and O–H groups in total. The number of nitrogens with zero attached hydrogens (tertiary/aromatic N) is 2. The van der Waals surface area contributed by atoms with Crippen molar-refractivity contribution in [1.29, 1.82) is 0 Å². The summed E-state index contributed by atoms with van der Waals surface area (Å²) < 4.78 is 35.6. The molecule has 0 radical (unpaired) electrons. The number of aryl methyl sites for hydroxylation is 1. The average molecular weight is 727 g/mol. The number of halogens is 2. The van der Waals surface area contributed by atoms with Gasteiger partial charge in [-0.3, -0.25) is 13.9 Å². The maximum atomic E-state index is 14.5. The molecule has 0 aromatic heterocycles. The lowest BCUT2D eigenvalue weighted by molar-refractivity contribution is -0.140. The van der Waals surface area contributed by atoms with Crippen LogP contribution >= 0.6 is 27.5 Å². The molecule has 11 heteroatoms. The van der Waals surface area contributed by atoms with E-state index in [4.69, 9.17) is 16.3 Å². The smallest absolute Gasteiger partial charge is 0.264 e. The lowest BCUT2D eigenvalue weighted by atomic mass is 10.0. The molecule has 0 saturated heterocycles. The summed E-state index contributed by atoms with van der Waals surface area (Å²) in [6, 6.07) is 26.6. The van der Waals surface area contributed by atoms with Gasteiger partial charge in [-0.1, -0.05) is 87.7 Å². The normalized spacial score (nSPS) is 12.0. The molecule has 4 rings (SSSR count). The molecule has 242 valence electrons. The van der Waals surface area contributed by atoms with E-state index in [1.54, 1.807) is 18.2 Å². The number of hydrogen-bond donors (Lipinski definition) is 1. The van der Waals surface area contributed by atoms with Gasteiger partial charge in [0, 0.05) is 23.5 Å². The molecule has 0 fully saturated rings. The summed E-state index contributed by atoms with van der Waals surface area (Å²) in [5.74, 6) is -0.551. The van der Waals surface area contributed by atoms with Crippen molar-refractivity contribution in [3.63, 3.8) is 0 Å². The molecular formula is C35H37BrClN3O5S. The lowest BCUT2D eigenvalue weighted by Crippen LogP contribution is -2.54. The molecule has 0 unspecified atom stereocenters. The summed E-state index contributed by atoms with van der Waals surface area (Å²) in [4.78, 5) is 29.8. The van der Waals surface area contributed by atoms with Crippen LogP contribution in [-0.2, 0) is 32.6 Å². The van der Waals surface area contributed by atoms with Gasteiger partial charge >= 0.3 is 0 Å². The zero-order valence-corrected chi connectivity index (χ0v) is 29.3. The van der Waals surface area contributed by atoms with Crippen molar-refractivity contribution in [2.45, 2.75) is 50.7 Å². The van der Waals surface area contributed by atoms with Gasteiger partial charge in [0.1, 0.15) is 18.3 Å². The van der Waals surface area contributed by atoms with E-state index in [-0.39, 0.29) is 40.5 Å². The summed E-state index contributed by atoms with van der Waals surface area (Å²) >= 11 is 9.89. The summed E-state index contributed by atoms with van der Waals surface area (Å²) in [5.41, 5.74) is 2.68. The van der Waals surface area contributed by atoms with Crippen molar-refractivity contribution >= 4 is 55.1 Å². The third kappa shape index (κ3) is 8.90. The average Bonchev–Trinajstić information content (AvgIpc) is 3.02. The molecule has 0 saturated carbocycles. The second-order valence-corrected chi connectivity index (χ2v) is 14.3. The summed E-state index contributed by atoms with van der Waals surface area (Å²) in [5, 5.41) is 3.14. The number of amides is 2. The molecule has 0 aliphatic carbocycles. The highest BCUT2D eigenvalue weighted by Crippen LogP contribution is 2.32. The molecule has 0 aliphatic heterocycles. The molecule has 0 aliphatic rings. The number of benzene rings is 4. The van der Waals surface area contributed by atoms with Gasteiger partial charge < -0.3 is 15.0 Å². The predicted molar refractivity (Wildman–Crippen MR) is 186 cm³/mol. The van der Waals surface area contributed by atoms with Crippen molar-refractivity contribution in [3.8, 4) is 5.75 Å². The summed E-state index contributed by atoms with van der Waals surface area (Å²) in [6.07, 6.45) is 0.223. The van der Waals surface area contributed by atoms with Crippen LogP contribution in [0.2, 0.25) is 5.02 Å². The molecule has 0 bridgehead atoms. The van der Waals surface area contributed by atoms with Gasteiger partial charge in [0.05, 0.1) is 22.7 Å². The maximum Gasteiger partial charge on any atom is 0.264 e. The van der Waals surface area contributed by atoms with Gasteiger partial charge in [0.2, 0.25) is 11.8 Å². The van der Waals surface area contributed by atoms with E-state index in [0.29, 0.717) is 5.75 Å². The zero-order chi connectivity index (χ0) is 33.4. The minimum absolute atomic E-state index is 0.00989. The van der Waals surface area contributed by atoms with E-state index < -0.39 is 28.5 Å². The quantitative estimate of drug-likeness (QED) is 0.164. The van der Waals surface area contributed by atoms with Gasteiger partial charge in [-0.05, 0) is 74.4 Å². The molecule has 4 aromatic rings. The Bertz CT molecular complexity index is 1750. The fourth-order valence-electron chi connectivity index (χ4n) is 4.90. The van der Waals surface area contributed by atoms with Gasteiger partial charge in [-0.25, -0.2) is 8.42 Å². The van der Waals surface area contributed by atoms with Crippen molar-refractivity contribution in [1.82, 2.24) is 10.2 Å². The van der Waals surface area contributed by atoms with E-state index >= 15 is 0 Å². The number of ether oxygens (including phenoxy) is 1. The summed E-state index contributed by atoms with van der Waals surface area (Å²) in [7, 11) is -2.80. The maximum absolute atomic E-state index is 14.5. The van der Waals surface area contributed by atoms with E-state index in [1.165, 1.54) is 36.3 Å². The van der Waals surface area contributed by atoms with Crippen LogP contribution in [0.15, 0.2) is 106 Å². The van der Waals surface area contributed by atoms with Gasteiger partial charge in [0.15, 0.2) is 0 Å². The van der Waals surface area contributed by atoms with Crippen LogP contribution in [0, 0.1) is 6.92 Å². The van der Waals surface area contributed by atoms with E-state index in [0.717, 1.165) is 25.5 Å². The molecule has 4 aromatic carbocycles. The molecular weight excluding hydrogens is 690 g/mol. The standard InChI is InChI=1S/C35H37BrClN3O5S/c1-24(2)38-35(42)32(20-26-8-6-5-7-9-26)39(22-27-12-14-28(36)15-13-27)34(41)23-40(29-16-19-33(45-4)31(37)21-29)46(43,44)30-17-10-25(3)11-18-30/h5-19,21,24,32H,20,22-23H2,1-4H3,(H,38,42)/t32-/m0/s1. The van der Waals surface area contributed by atoms with Crippen LogP contribution in [0.3, 0.4) is 0 Å². The number of carbonyl (C=O) groups excluding carboxylic acids is 2. The highest BCUT2D eigenvalue weighted by Gasteiger charge is 2.35. The second kappa shape index (κ2) is 15.6. The van der Waals surface area contributed by atoms with Crippen molar-refractivity contribution < 1.29 is 22.7 Å². The Kier molecular flexibility index (Phi) is 11.9. The van der Waals surface area contributed by atoms with Crippen molar-refractivity contribution in [2.75, 3.05) is 18.0 Å². The monoisotopic (exact) mass is 725 g/mol. The lowest BCUT2D eigenvalue weighted by Gasteiger charge is -2.34. The fraction of sp³-hybridized carbons (Fsp3) is 0.257. The Morgan fingerprint density at radius 2 is 1.57 bits per heavy atom. The van der Waals surface area contributed by atoms with E-state index in [2.05, 4.69) is 21.2 Å². The van der Waals surface area contributed by atoms with Crippen LogP contribution in [0.25, 0.3) is 0 Å². The van der Waals surface area contributed by atoms with Gasteiger partial charge in [0.25, 0.3) is 10.0 Å². The van der Waals surface area contributed by atoms with Crippen LogP contribution in [0.1, 0.15) is 30.5 Å². The predicted octanol–water partition coefficient (Wildman–Crippen LogP) is 6.78. The Hall–Kier alpha value is -3.86. The third-order valence-corrected chi connectivity index (χ3v) is 9.89. The highest BCUT2D eigenvalue weighted by molar-refractivity contribution is 9.10. The van der Waals surface area contributed by atoms with E-state index in [1.807, 2.05) is 75.4 Å². The number of rotatable bonds is 13. The first kappa shape index (κ1) is 35.0. The van der Waals surface area contributed by atoms with Crippen molar-refractivity contribution in [3.05, 3.63) is 123 Å². The number of hydrogen-bond acceptors (Lipinski definition) is 5. The highest BCUT2D eigenvalue weighted by atomic mass is 79.9. The minimum Gasteiger partial charge on any atom is -0.495 e. The van der Waals surface area contributed by atoms with Gasteiger partial charge in [-0.15, -0.1) is 0 Å². The van der Waals surface area contributed by atoms with E-state index in [9.17, 15) is 18.0 Å². The number of carbonyl (C=O) groups is 2. The minimum atomic E-state index is -4.26. The molecule has 0 spiro atoms. The van der Waals surface area contributed by atoms with Crippen LogP contribution < -0.4 is 14.4 Å². The van der Waals surface area contributed by atoms with Crippen LogP contribution in [0.4, 0.5) is 5.69 Å². The summed E-state index contributed by atoms with van der Waals surface area (Å²) in [6.45, 7) is 5.03. The Labute approximate surface area is 284 Å². The SMILES string of the molecule is COc1ccc(N(CC(=O)N(Cc2ccc(Br)cc2)[C@@H](Cc2ccccc2)C(=O)NC(C)C)S(=O)(=O)c2ccc(C)cc2)cc1Cl. The zero-order valence-electron chi connectivity index (χ0n) is 26.1. The first-order valence-electron chi connectivity index (χ1n) is 14.7. The van der Waals surface area contributed by atoms with Crippen molar-refractivity contribution in [2.24, 2.45) is 0 Å². The molecule has 8 nitrogen and oxygen atoms in total. The Balaban J connectivity index is 1.82. The largest absolute Gasteiger partial charge is 0.495 e. The third-order valence-electron chi connectivity index (χ3n) is 7.28. The second-order valence-electron chi connectivity index (χ2n) is 11.2. The number of anilines is 1. The molecule has 0 heterocycles. The Morgan fingerprint density at radius 1 is 0.913 bits per heavy atom. The number of nitrogens with one attached hydrogen (secondary N) is 1. The number of sulfonamides is 1. The topological polar surface area (TPSA) is 96.0 Å². The Morgan fingerprint density at radius 3 is 2.15 bits per heavy atom. The fourth-order valence-corrected chi connectivity index (χ4v) is 6.82. The first-order valence-corrected chi connectivity index (χ1v) is 17.3. The number of methoxy groups -OCH3 is 1. The van der Waals surface area contributed by atoms with Crippen LogP contribution in [-0.4, -0.2) is 50.9 Å². The van der Waals surface area contributed by atoms with Gasteiger partial charge in [-0.2, -0.15) is 0 Å². The molecule has 46 heavy (non-hydrogen) atoms.